The lowest BCUT2D eigenvalue weighted by atomic mass is 9.96. The van der Waals surface area contributed by atoms with Gasteiger partial charge in [-0.25, -0.2) is 8.42 Å². The number of hydrogen-bond donors (Lipinski definition) is 1. The molecule has 7 heteroatoms. The van der Waals surface area contributed by atoms with Crippen LogP contribution in [-0.4, -0.2) is 36.8 Å². The molecular formula is C17H19BrClNO3S. The molecule has 0 amide bonds. The lowest BCUT2D eigenvalue weighted by Gasteiger charge is -2.31. The standard InChI is InChI=1S/C17H19BrClNO3S/c1-13-10-15(8-9-16(13)19)24(22,23)20(2)12-17(21,11-18)14-6-4-3-5-7-14/h3-10,21H,11-12H2,1-2H3. The third-order valence-corrected chi connectivity index (χ3v) is 7.01. The van der Waals surface area contributed by atoms with Gasteiger partial charge >= 0.3 is 0 Å². The van der Waals surface area contributed by atoms with Crippen LogP contribution in [0.3, 0.4) is 0 Å². The van der Waals surface area contributed by atoms with Crippen LogP contribution in [0.5, 0.6) is 0 Å². The molecule has 24 heavy (non-hydrogen) atoms. The summed E-state index contributed by atoms with van der Waals surface area (Å²) in [5, 5.41) is 11.6. The molecule has 1 unspecified atom stereocenters. The van der Waals surface area contributed by atoms with Gasteiger partial charge in [0.2, 0.25) is 10.0 Å². The molecule has 2 rings (SSSR count). The number of halogens is 2. The molecule has 0 aliphatic carbocycles. The van der Waals surface area contributed by atoms with E-state index in [-0.39, 0.29) is 16.8 Å². The summed E-state index contributed by atoms with van der Waals surface area (Å²) < 4.78 is 26.7. The van der Waals surface area contributed by atoms with Crippen molar-refractivity contribution in [3.05, 3.63) is 64.7 Å². The van der Waals surface area contributed by atoms with Gasteiger partial charge in [0.15, 0.2) is 0 Å². The smallest absolute Gasteiger partial charge is 0.242 e. The summed E-state index contributed by atoms with van der Waals surface area (Å²) in [5.74, 6) is 0. The first-order valence-corrected chi connectivity index (χ1v) is 10.2. The maximum atomic E-state index is 12.8. The summed E-state index contributed by atoms with van der Waals surface area (Å²) in [6, 6.07) is 13.6. The van der Waals surface area contributed by atoms with Crippen LogP contribution >= 0.6 is 27.5 Å². The number of sulfonamides is 1. The van der Waals surface area contributed by atoms with E-state index in [1.165, 1.54) is 19.2 Å². The predicted molar refractivity (Wildman–Crippen MR) is 100 cm³/mol. The Morgan fingerprint density at radius 1 is 1.21 bits per heavy atom. The maximum absolute atomic E-state index is 12.8. The summed E-state index contributed by atoms with van der Waals surface area (Å²) in [6.07, 6.45) is 0. The number of nitrogens with zero attached hydrogens (tertiary/aromatic N) is 1. The lowest BCUT2D eigenvalue weighted by Crippen LogP contribution is -2.43. The van der Waals surface area contributed by atoms with Gasteiger partial charge in [-0.2, -0.15) is 4.31 Å². The first-order valence-electron chi connectivity index (χ1n) is 7.27. The Labute approximate surface area is 156 Å². The fourth-order valence-corrected chi connectivity index (χ4v) is 4.30. The SMILES string of the molecule is Cc1cc(S(=O)(=O)N(C)CC(O)(CBr)c2ccccc2)ccc1Cl. The van der Waals surface area contributed by atoms with Gasteiger partial charge in [-0.3, -0.25) is 0 Å². The number of hydrogen-bond acceptors (Lipinski definition) is 3. The topological polar surface area (TPSA) is 57.6 Å². The van der Waals surface area contributed by atoms with Crippen molar-refractivity contribution < 1.29 is 13.5 Å². The summed E-state index contributed by atoms with van der Waals surface area (Å²) in [5.41, 5.74) is 0.00559. The van der Waals surface area contributed by atoms with Gasteiger partial charge < -0.3 is 5.11 Å². The number of rotatable bonds is 6. The van der Waals surface area contributed by atoms with Crippen molar-refractivity contribution in [3.63, 3.8) is 0 Å². The van der Waals surface area contributed by atoms with E-state index < -0.39 is 15.6 Å². The zero-order chi connectivity index (χ0) is 18.0. The van der Waals surface area contributed by atoms with Crippen molar-refractivity contribution in [1.82, 2.24) is 4.31 Å². The largest absolute Gasteiger partial charge is 0.383 e. The Balaban J connectivity index is 2.32. The zero-order valence-electron chi connectivity index (χ0n) is 13.4. The van der Waals surface area contributed by atoms with Crippen LogP contribution in [0.4, 0.5) is 0 Å². The average molecular weight is 433 g/mol. The Hall–Kier alpha value is -0.920. The van der Waals surface area contributed by atoms with Gasteiger partial charge in [0.05, 0.1) is 4.90 Å². The van der Waals surface area contributed by atoms with E-state index in [1.807, 2.05) is 6.07 Å². The predicted octanol–water partition coefficient (Wildman–Crippen LogP) is 3.55. The molecule has 0 fully saturated rings. The molecule has 1 N–H and O–H groups in total. The molecule has 0 bridgehead atoms. The second-order valence-electron chi connectivity index (χ2n) is 5.70. The first kappa shape index (κ1) is 19.4. The molecule has 0 saturated carbocycles. The molecule has 2 aromatic rings. The molecule has 0 aliphatic rings. The van der Waals surface area contributed by atoms with Crippen LogP contribution in [-0.2, 0) is 15.6 Å². The van der Waals surface area contributed by atoms with Crippen LogP contribution < -0.4 is 0 Å². The van der Waals surface area contributed by atoms with Crippen molar-refractivity contribution in [2.45, 2.75) is 17.4 Å². The average Bonchev–Trinajstić information content (AvgIpc) is 2.57. The second-order valence-corrected chi connectivity index (χ2v) is 8.72. The summed E-state index contributed by atoms with van der Waals surface area (Å²) in [4.78, 5) is 0.150. The van der Waals surface area contributed by atoms with E-state index >= 15 is 0 Å². The van der Waals surface area contributed by atoms with Gasteiger partial charge in [-0.05, 0) is 36.2 Å². The number of aryl methyl sites for hydroxylation is 1. The molecule has 0 radical (unpaired) electrons. The quantitative estimate of drug-likeness (QED) is 0.710. The van der Waals surface area contributed by atoms with Gasteiger partial charge in [-0.1, -0.05) is 57.9 Å². The summed E-state index contributed by atoms with van der Waals surface area (Å²) in [7, 11) is -2.28. The molecular weight excluding hydrogens is 414 g/mol. The van der Waals surface area contributed by atoms with Crippen LogP contribution in [0.15, 0.2) is 53.4 Å². The van der Waals surface area contributed by atoms with Crippen molar-refractivity contribution >= 4 is 37.6 Å². The molecule has 1 atom stereocenters. The van der Waals surface area contributed by atoms with E-state index in [4.69, 9.17) is 11.6 Å². The second kappa shape index (κ2) is 7.54. The Morgan fingerprint density at radius 2 is 1.83 bits per heavy atom. The normalized spacial score (nSPS) is 14.6. The Bertz CT molecular complexity index is 814. The number of likely N-dealkylation sites (N-methyl/N-ethyl adjacent to an activating group) is 1. The minimum absolute atomic E-state index is 0.0771. The molecule has 0 aliphatic heterocycles. The fraction of sp³-hybridized carbons (Fsp3) is 0.294. The summed E-state index contributed by atoms with van der Waals surface area (Å²) in [6.45, 7) is 1.67. The van der Waals surface area contributed by atoms with Crippen molar-refractivity contribution in [3.8, 4) is 0 Å². The Morgan fingerprint density at radius 3 is 2.38 bits per heavy atom. The molecule has 4 nitrogen and oxygen atoms in total. The van der Waals surface area contributed by atoms with Crippen LogP contribution in [0.2, 0.25) is 5.02 Å². The first-order chi connectivity index (χ1) is 11.2. The molecule has 0 spiro atoms. The van der Waals surface area contributed by atoms with Gasteiger partial charge in [0.1, 0.15) is 5.60 Å². The highest BCUT2D eigenvalue weighted by Gasteiger charge is 2.34. The highest BCUT2D eigenvalue weighted by molar-refractivity contribution is 9.09. The third kappa shape index (κ3) is 4.00. The highest BCUT2D eigenvalue weighted by atomic mass is 79.9. The van der Waals surface area contributed by atoms with Crippen molar-refractivity contribution in [1.29, 1.82) is 0 Å². The van der Waals surface area contributed by atoms with Gasteiger partial charge in [-0.15, -0.1) is 0 Å². The van der Waals surface area contributed by atoms with Crippen LogP contribution in [0, 0.1) is 6.92 Å². The maximum Gasteiger partial charge on any atom is 0.242 e. The number of aliphatic hydroxyl groups is 1. The molecule has 130 valence electrons. The van der Waals surface area contributed by atoms with E-state index in [9.17, 15) is 13.5 Å². The number of benzene rings is 2. The van der Waals surface area contributed by atoms with Gasteiger partial charge in [0, 0.05) is 23.9 Å². The van der Waals surface area contributed by atoms with E-state index in [0.29, 0.717) is 16.1 Å². The molecule has 2 aromatic carbocycles. The zero-order valence-corrected chi connectivity index (χ0v) is 16.6. The number of alkyl halides is 1. The van der Waals surface area contributed by atoms with Crippen molar-refractivity contribution in [2.75, 3.05) is 18.9 Å². The fourth-order valence-electron chi connectivity index (χ4n) is 2.37. The minimum Gasteiger partial charge on any atom is -0.383 e. The molecule has 0 aromatic heterocycles. The van der Waals surface area contributed by atoms with Crippen molar-refractivity contribution in [2.24, 2.45) is 0 Å². The third-order valence-electron chi connectivity index (χ3n) is 3.85. The lowest BCUT2D eigenvalue weighted by molar-refractivity contribution is 0.0478. The molecule has 0 saturated heterocycles. The van der Waals surface area contributed by atoms with Crippen LogP contribution in [0.1, 0.15) is 11.1 Å². The highest BCUT2D eigenvalue weighted by Crippen LogP contribution is 2.28. The van der Waals surface area contributed by atoms with Crippen LogP contribution in [0.25, 0.3) is 0 Å². The minimum atomic E-state index is -3.74. The monoisotopic (exact) mass is 431 g/mol. The van der Waals surface area contributed by atoms with E-state index in [2.05, 4.69) is 15.9 Å². The van der Waals surface area contributed by atoms with Gasteiger partial charge in [0.25, 0.3) is 0 Å². The van der Waals surface area contributed by atoms with E-state index in [0.717, 1.165) is 4.31 Å². The van der Waals surface area contributed by atoms with E-state index in [1.54, 1.807) is 37.3 Å². The molecule has 0 heterocycles. The summed E-state index contributed by atoms with van der Waals surface area (Å²) >= 11 is 9.26. The Kier molecular flexibility index (Phi) is 6.09.